The Morgan fingerprint density at radius 3 is 2.55 bits per heavy atom. The third kappa shape index (κ3) is 2.17. The van der Waals surface area contributed by atoms with Crippen molar-refractivity contribution in [2.24, 2.45) is 0 Å². The van der Waals surface area contributed by atoms with Crippen molar-refractivity contribution in [2.45, 2.75) is 6.10 Å². The van der Waals surface area contributed by atoms with Crippen LogP contribution in [0.25, 0.3) is 0 Å². The van der Waals surface area contributed by atoms with Crippen LogP contribution in [-0.2, 0) is 9.53 Å². The van der Waals surface area contributed by atoms with Crippen molar-refractivity contribution < 1.29 is 14.6 Å². The fourth-order valence-electron chi connectivity index (χ4n) is 0.994. The van der Waals surface area contributed by atoms with Gasteiger partial charge in [-0.25, -0.2) is 0 Å². The molecule has 1 aliphatic rings. The Bertz CT molecular complexity index is 141. The maximum atomic E-state index is 11.1. The molecular formula is C7H12NO3. The Kier molecular flexibility index (Phi) is 2.84. The third-order valence-corrected chi connectivity index (χ3v) is 1.61. The van der Waals surface area contributed by atoms with E-state index in [-0.39, 0.29) is 5.91 Å². The number of hydrogen-bond donors (Lipinski definition) is 1. The Morgan fingerprint density at radius 1 is 1.55 bits per heavy atom. The number of aliphatic hydroxyl groups excluding tert-OH is 1. The molecule has 1 aliphatic heterocycles. The summed E-state index contributed by atoms with van der Waals surface area (Å²) < 4.78 is 5.03. The summed E-state index contributed by atoms with van der Waals surface area (Å²) in [5.41, 5.74) is 0. The van der Waals surface area contributed by atoms with Gasteiger partial charge in [0.05, 0.1) is 13.2 Å². The zero-order valence-corrected chi connectivity index (χ0v) is 6.32. The highest BCUT2D eigenvalue weighted by atomic mass is 16.5. The van der Waals surface area contributed by atoms with Gasteiger partial charge >= 0.3 is 0 Å². The van der Waals surface area contributed by atoms with Crippen LogP contribution >= 0.6 is 0 Å². The maximum Gasteiger partial charge on any atom is 0.251 e. The smallest absolute Gasteiger partial charge is 0.251 e. The van der Waals surface area contributed by atoms with E-state index in [2.05, 4.69) is 6.92 Å². The van der Waals surface area contributed by atoms with Crippen molar-refractivity contribution in [3.05, 3.63) is 6.92 Å². The Hall–Kier alpha value is -0.610. The molecular weight excluding hydrogens is 146 g/mol. The molecule has 1 radical (unpaired) electrons. The monoisotopic (exact) mass is 158 g/mol. The predicted octanol–water partition coefficient (Wildman–Crippen LogP) is -0.960. The minimum Gasteiger partial charge on any atom is -0.383 e. The summed E-state index contributed by atoms with van der Waals surface area (Å²) >= 11 is 0. The zero-order valence-electron chi connectivity index (χ0n) is 6.32. The van der Waals surface area contributed by atoms with Crippen molar-refractivity contribution in [2.75, 3.05) is 26.3 Å². The van der Waals surface area contributed by atoms with Crippen LogP contribution in [0.3, 0.4) is 0 Å². The Morgan fingerprint density at radius 2 is 2.09 bits per heavy atom. The van der Waals surface area contributed by atoms with E-state index in [4.69, 9.17) is 9.84 Å². The highest BCUT2D eigenvalue weighted by Gasteiger charge is 2.20. The van der Waals surface area contributed by atoms with E-state index >= 15 is 0 Å². The van der Waals surface area contributed by atoms with Gasteiger partial charge in [0.1, 0.15) is 6.10 Å². The second-order valence-corrected chi connectivity index (χ2v) is 2.45. The second kappa shape index (κ2) is 3.69. The van der Waals surface area contributed by atoms with Gasteiger partial charge in [0, 0.05) is 13.1 Å². The van der Waals surface area contributed by atoms with Gasteiger partial charge in [-0.3, -0.25) is 4.79 Å². The van der Waals surface area contributed by atoms with E-state index in [0.29, 0.717) is 26.3 Å². The topological polar surface area (TPSA) is 49.8 Å². The SMILES string of the molecule is [CH2][C@@H](O)C(=O)N1CCOCC1. The van der Waals surface area contributed by atoms with Crippen molar-refractivity contribution in [1.29, 1.82) is 0 Å². The average Bonchev–Trinajstić information content (AvgIpc) is 2.05. The fourth-order valence-corrected chi connectivity index (χ4v) is 0.994. The summed E-state index contributed by atoms with van der Waals surface area (Å²) in [7, 11) is 0. The van der Waals surface area contributed by atoms with E-state index in [9.17, 15) is 4.79 Å². The van der Waals surface area contributed by atoms with E-state index in [1.807, 2.05) is 0 Å². The van der Waals surface area contributed by atoms with Crippen LogP contribution in [-0.4, -0.2) is 48.3 Å². The molecule has 1 atom stereocenters. The molecule has 4 nitrogen and oxygen atoms in total. The second-order valence-electron chi connectivity index (χ2n) is 2.45. The number of rotatable bonds is 1. The van der Waals surface area contributed by atoms with Gasteiger partial charge in [-0.15, -0.1) is 0 Å². The summed E-state index contributed by atoms with van der Waals surface area (Å²) in [5.74, 6) is -0.312. The first-order chi connectivity index (χ1) is 5.22. The normalized spacial score (nSPS) is 21.5. The highest BCUT2D eigenvalue weighted by Crippen LogP contribution is 1.99. The average molecular weight is 158 g/mol. The summed E-state index contributed by atoms with van der Waals surface area (Å²) in [6, 6.07) is 0. The fraction of sp³-hybridized carbons (Fsp3) is 0.714. The minimum absolute atomic E-state index is 0.312. The quantitative estimate of drug-likeness (QED) is 0.534. The summed E-state index contributed by atoms with van der Waals surface area (Å²) in [4.78, 5) is 12.6. The molecule has 1 saturated heterocycles. The Labute approximate surface area is 65.8 Å². The first-order valence-electron chi connectivity index (χ1n) is 3.59. The third-order valence-electron chi connectivity index (χ3n) is 1.61. The van der Waals surface area contributed by atoms with E-state index in [0.717, 1.165) is 0 Å². The lowest BCUT2D eigenvalue weighted by atomic mass is 10.3. The van der Waals surface area contributed by atoms with Gasteiger partial charge in [-0.1, -0.05) is 0 Å². The number of hydrogen-bond acceptors (Lipinski definition) is 3. The van der Waals surface area contributed by atoms with Gasteiger partial charge in [0.15, 0.2) is 0 Å². The van der Waals surface area contributed by atoms with Crippen molar-refractivity contribution in [3.63, 3.8) is 0 Å². The van der Waals surface area contributed by atoms with Gasteiger partial charge in [-0.05, 0) is 6.92 Å². The number of ether oxygens (including phenoxy) is 1. The number of nitrogens with zero attached hydrogens (tertiary/aromatic N) is 1. The van der Waals surface area contributed by atoms with Crippen molar-refractivity contribution in [3.8, 4) is 0 Å². The van der Waals surface area contributed by atoms with E-state index < -0.39 is 6.10 Å². The summed E-state index contributed by atoms with van der Waals surface area (Å²) in [6.07, 6.45) is -1.13. The molecule has 0 aromatic carbocycles. The van der Waals surface area contributed by atoms with Gasteiger partial charge < -0.3 is 14.7 Å². The van der Waals surface area contributed by atoms with Gasteiger partial charge in [0.2, 0.25) is 0 Å². The summed E-state index contributed by atoms with van der Waals surface area (Å²) in [5, 5.41) is 8.83. The molecule has 4 heteroatoms. The first kappa shape index (κ1) is 8.49. The van der Waals surface area contributed by atoms with Crippen LogP contribution in [0.1, 0.15) is 0 Å². The van der Waals surface area contributed by atoms with Crippen LogP contribution in [0.4, 0.5) is 0 Å². The lowest BCUT2D eigenvalue weighted by Gasteiger charge is -2.27. The lowest BCUT2D eigenvalue weighted by molar-refractivity contribution is -0.142. The zero-order chi connectivity index (χ0) is 8.27. The molecule has 63 valence electrons. The minimum atomic E-state index is -1.13. The van der Waals surface area contributed by atoms with E-state index in [1.54, 1.807) is 4.90 Å². The van der Waals surface area contributed by atoms with Crippen LogP contribution in [0, 0.1) is 6.92 Å². The first-order valence-corrected chi connectivity index (χ1v) is 3.59. The molecule has 1 rings (SSSR count). The lowest BCUT2D eigenvalue weighted by Crippen LogP contribution is -2.44. The van der Waals surface area contributed by atoms with Crippen molar-refractivity contribution in [1.82, 2.24) is 4.90 Å². The van der Waals surface area contributed by atoms with Crippen LogP contribution in [0.2, 0.25) is 0 Å². The molecule has 0 bridgehead atoms. The van der Waals surface area contributed by atoms with E-state index in [1.165, 1.54) is 0 Å². The van der Waals surface area contributed by atoms with Gasteiger partial charge in [0.25, 0.3) is 5.91 Å². The molecule has 0 aromatic heterocycles. The highest BCUT2D eigenvalue weighted by molar-refractivity contribution is 5.81. The molecule has 0 aliphatic carbocycles. The molecule has 1 fully saturated rings. The predicted molar refractivity (Wildman–Crippen MR) is 38.8 cm³/mol. The number of carbonyl (C=O) groups excluding carboxylic acids is 1. The van der Waals surface area contributed by atoms with Crippen LogP contribution < -0.4 is 0 Å². The number of amides is 1. The molecule has 0 unspecified atom stereocenters. The number of aliphatic hydroxyl groups is 1. The molecule has 1 N–H and O–H groups in total. The largest absolute Gasteiger partial charge is 0.383 e. The number of morpholine rings is 1. The standard InChI is InChI=1S/C7H12NO3/c1-6(9)7(10)8-2-4-11-5-3-8/h6,9H,1-5H2/t6-/m1/s1. The summed E-state index contributed by atoms with van der Waals surface area (Å²) in [6.45, 7) is 5.47. The molecule has 1 heterocycles. The van der Waals surface area contributed by atoms with Gasteiger partial charge in [-0.2, -0.15) is 0 Å². The molecule has 0 spiro atoms. The maximum absolute atomic E-state index is 11.1. The molecule has 11 heavy (non-hydrogen) atoms. The molecule has 0 aromatic rings. The molecule has 1 amide bonds. The van der Waals surface area contributed by atoms with Crippen molar-refractivity contribution >= 4 is 5.91 Å². The number of carbonyl (C=O) groups is 1. The van der Waals surface area contributed by atoms with Crippen LogP contribution in [0.5, 0.6) is 0 Å². The Balaban J connectivity index is 2.39. The molecule has 0 saturated carbocycles. The van der Waals surface area contributed by atoms with Crippen LogP contribution in [0.15, 0.2) is 0 Å².